The molecule has 0 saturated heterocycles. The smallest absolute Gasteiger partial charge is 0.164 e. The molecule has 78 heavy (non-hydrogen) atoms. The first kappa shape index (κ1) is 45.8. The molecule has 10 heteroatoms. The third-order valence-electron chi connectivity index (χ3n) is 14.4. The summed E-state index contributed by atoms with van der Waals surface area (Å²) in [5, 5.41) is 15.5. The molecule has 0 spiro atoms. The normalized spacial score (nSPS) is 11.4. The molecule has 14 rings (SSSR count). The van der Waals surface area contributed by atoms with Crippen molar-refractivity contribution in [2.45, 2.75) is 13.8 Å². The fraction of sp³-hybridized carbons (Fsp3) is 0.0294. The number of hydrogen-bond acceptors (Lipinski definition) is 8. The summed E-state index contributed by atoms with van der Waals surface area (Å²) in [6.07, 6.45) is 0. The monoisotopic (exact) mass is 1000 g/mol. The molecule has 14 aromatic rings. The van der Waals surface area contributed by atoms with Gasteiger partial charge in [0.2, 0.25) is 0 Å². The maximum atomic E-state index is 11.3. The van der Waals surface area contributed by atoms with Gasteiger partial charge < -0.3 is 9.13 Å². The molecule has 0 aliphatic heterocycles. The highest BCUT2D eigenvalue weighted by Gasteiger charge is 2.25. The second kappa shape index (κ2) is 18.9. The van der Waals surface area contributed by atoms with Gasteiger partial charge in [0, 0.05) is 71.9 Å². The molecule has 10 nitrogen and oxygen atoms in total. The van der Waals surface area contributed by atoms with Gasteiger partial charge >= 0.3 is 0 Å². The van der Waals surface area contributed by atoms with Crippen molar-refractivity contribution in [2.75, 3.05) is 0 Å². The van der Waals surface area contributed by atoms with Crippen LogP contribution in [0.15, 0.2) is 231 Å². The fourth-order valence-electron chi connectivity index (χ4n) is 10.9. The Morgan fingerprint density at radius 2 is 0.628 bits per heavy atom. The summed E-state index contributed by atoms with van der Waals surface area (Å²) < 4.78 is 4.63. The summed E-state index contributed by atoms with van der Waals surface area (Å²) in [4.78, 5) is 35.4. The van der Waals surface area contributed by atoms with E-state index in [1.165, 1.54) is 0 Å². The molecule has 5 aromatic heterocycles. The van der Waals surface area contributed by atoms with Crippen LogP contribution in [0, 0.1) is 25.2 Å². The van der Waals surface area contributed by atoms with E-state index in [0.717, 1.165) is 111 Å². The topological polar surface area (TPSA) is 124 Å². The highest BCUT2D eigenvalue weighted by molar-refractivity contribution is 6.13. The minimum absolute atomic E-state index is 0.520. The Bertz CT molecular complexity index is 4560. The minimum Gasteiger partial charge on any atom is -0.307 e. The van der Waals surface area contributed by atoms with Gasteiger partial charge in [-0.15, -0.1) is 0 Å². The molecule has 0 bridgehead atoms. The van der Waals surface area contributed by atoms with Crippen molar-refractivity contribution in [3.8, 4) is 96.9 Å². The van der Waals surface area contributed by atoms with E-state index in [2.05, 4.69) is 118 Å². The molecule has 0 aliphatic carbocycles. The van der Waals surface area contributed by atoms with Gasteiger partial charge in [-0.25, -0.2) is 29.9 Å². The molecule has 9 aromatic carbocycles. The number of fused-ring (bicyclic) bond motifs is 6. The van der Waals surface area contributed by atoms with Crippen molar-refractivity contribution in [3.63, 3.8) is 0 Å². The number of nitriles is 1. The second-order valence-electron chi connectivity index (χ2n) is 19.4. The van der Waals surface area contributed by atoms with Crippen LogP contribution in [0.4, 0.5) is 0 Å². The number of benzene rings is 9. The first-order chi connectivity index (χ1) is 38.4. The van der Waals surface area contributed by atoms with Crippen molar-refractivity contribution < 1.29 is 0 Å². The lowest BCUT2D eigenvalue weighted by molar-refractivity contribution is 1.07. The van der Waals surface area contributed by atoms with Crippen LogP contribution in [0.3, 0.4) is 0 Å². The summed E-state index contributed by atoms with van der Waals surface area (Å²) in [6.45, 7) is 3.99. The zero-order chi connectivity index (χ0) is 52.3. The zero-order valence-electron chi connectivity index (χ0n) is 42.4. The lowest BCUT2D eigenvalue weighted by Crippen LogP contribution is -2.06. The Morgan fingerprint density at radius 3 is 1.01 bits per heavy atom. The highest BCUT2D eigenvalue weighted by Crippen LogP contribution is 2.43. The summed E-state index contributed by atoms with van der Waals surface area (Å²) >= 11 is 0. The van der Waals surface area contributed by atoms with E-state index in [9.17, 15) is 5.26 Å². The summed E-state index contributed by atoms with van der Waals surface area (Å²) in [5.41, 5.74) is 14.6. The van der Waals surface area contributed by atoms with Gasteiger partial charge in [0.15, 0.2) is 34.9 Å². The van der Waals surface area contributed by atoms with Gasteiger partial charge in [-0.05, 0) is 67.9 Å². The van der Waals surface area contributed by atoms with Crippen LogP contribution in [0.2, 0.25) is 0 Å². The third-order valence-corrected chi connectivity index (χ3v) is 14.4. The Morgan fingerprint density at radius 1 is 0.295 bits per heavy atom. The summed E-state index contributed by atoms with van der Waals surface area (Å²) in [5.74, 6) is 3.40. The molecule has 0 atom stereocenters. The highest BCUT2D eigenvalue weighted by atomic mass is 15.1. The van der Waals surface area contributed by atoms with Gasteiger partial charge in [-0.3, -0.25) is 4.98 Å². The van der Waals surface area contributed by atoms with E-state index < -0.39 is 0 Å². The fourth-order valence-corrected chi connectivity index (χ4v) is 10.9. The molecule has 0 amide bonds. The molecule has 0 fully saturated rings. The standard InChI is InChI=1S/C68H44N10/c1-42-35-50(36-43(2)70-42)56-40-62(78-58-30-18-16-28-53(58)55-34-32-49(38-60(55)78)68-75-65(46-23-11-5-12-24-46)72-66(76-68)47-25-13-6-14-26-47)61(39-51(56)41-69)77-57-29-17-15-27-52(57)54-33-31-48(37-59(54)77)67-73-63(44-19-7-3-8-20-44)71-64(74-67)45-21-9-4-10-22-45/h3-40H,1-2H3. The first-order valence-corrected chi connectivity index (χ1v) is 25.8. The maximum absolute atomic E-state index is 11.3. The molecular formula is C68H44N10. The van der Waals surface area contributed by atoms with E-state index in [0.29, 0.717) is 40.5 Å². The second-order valence-corrected chi connectivity index (χ2v) is 19.4. The predicted octanol–water partition coefficient (Wildman–Crippen LogP) is 15.8. The lowest BCUT2D eigenvalue weighted by atomic mass is 9.97. The number of para-hydroxylation sites is 2. The molecule has 0 unspecified atom stereocenters. The lowest BCUT2D eigenvalue weighted by Gasteiger charge is -2.20. The Balaban J connectivity index is 1.06. The van der Waals surface area contributed by atoms with E-state index >= 15 is 0 Å². The largest absolute Gasteiger partial charge is 0.307 e. The van der Waals surface area contributed by atoms with Crippen molar-refractivity contribution >= 4 is 43.6 Å². The number of nitrogens with zero attached hydrogens (tertiary/aromatic N) is 10. The van der Waals surface area contributed by atoms with Crippen LogP contribution in [0.25, 0.3) is 134 Å². The van der Waals surface area contributed by atoms with E-state index in [1.54, 1.807) is 0 Å². The van der Waals surface area contributed by atoms with Gasteiger partial charge in [-0.2, -0.15) is 5.26 Å². The summed E-state index contributed by atoms with van der Waals surface area (Å²) in [7, 11) is 0. The molecule has 0 radical (unpaired) electrons. The number of rotatable bonds is 9. The third kappa shape index (κ3) is 8.02. The van der Waals surface area contributed by atoms with E-state index in [-0.39, 0.29) is 0 Å². The average molecular weight is 1000 g/mol. The zero-order valence-corrected chi connectivity index (χ0v) is 42.4. The van der Waals surface area contributed by atoms with Crippen molar-refractivity contribution in [2.24, 2.45) is 0 Å². The molecule has 0 N–H and O–H groups in total. The van der Waals surface area contributed by atoms with Crippen LogP contribution in [-0.2, 0) is 0 Å². The molecule has 5 heterocycles. The Kier molecular flexibility index (Phi) is 11.1. The van der Waals surface area contributed by atoms with E-state index in [4.69, 9.17) is 34.9 Å². The van der Waals surface area contributed by atoms with E-state index in [1.807, 2.05) is 141 Å². The molecule has 366 valence electrons. The van der Waals surface area contributed by atoms with Crippen LogP contribution in [0.5, 0.6) is 0 Å². The van der Waals surface area contributed by atoms with Crippen LogP contribution >= 0.6 is 0 Å². The predicted molar refractivity (Wildman–Crippen MR) is 312 cm³/mol. The van der Waals surface area contributed by atoms with Crippen LogP contribution in [0.1, 0.15) is 17.0 Å². The van der Waals surface area contributed by atoms with Gasteiger partial charge in [-0.1, -0.05) is 182 Å². The summed E-state index contributed by atoms with van der Waals surface area (Å²) in [6, 6.07) is 81.0. The van der Waals surface area contributed by atoms with Crippen molar-refractivity contribution in [3.05, 3.63) is 247 Å². The van der Waals surface area contributed by atoms with Crippen LogP contribution in [-0.4, -0.2) is 44.0 Å². The van der Waals surface area contributed by atoms with Crippen LogP contribution < -0.4 is 0 Å². The average Bonchev–Trinajstić information content (AvgIpc) is 4.25. The molecule has 0 saturated carbocycles. The number of pyridine rings is 1. The first-order valence-electron chi connectivity index (χ1n) is 25.8. The maximum Gasteiger partial charge on any atom is 0.164 e. The SMILES string of the molecule is Cc1cc(-c2cc(-n3c4ccccc4c4ccc(-c5nc(-c6ccccc6)nc(-c6ccccc6)n5)cc43)c(-n3c4ccccc4c4ccc(-c5nc(-c6ccccc6)nc(-c6ccccc6)n5)cc43)cc2C#N)cc(C)n1. The molecular weight excluding hydrogens is 957 g/mol. The van der Waals surface area contributed by atoms with Crippen molar-refractivity contribution in [1.29, 1.82) is 5.26 Å². The minimum atomic E-state index is 0.520. The van der Waals surface area contributed by atoms with Crippen molar-refractivity contribution in [1.82, 2.24) is 44.0 Å². The van der Waals surface area contributed by atoms with Gasteiger partial charge in [0.05, 0.1) is 45.1 Å². The molecule has 0 aliphatic rings. The number of hydrogen-bond donors (Lipinski definition) is 0. The Labute approximate surface area is 449 Å². The number of aromatic nitrogens is 9. The van der Waals surface area contributed by atoms with Gasteiger partial charge in [0.1, 0.15) is 0 Å². The number of aryl methyl sites for hydroxylation is 2. The Hall–Kier alpha value is -10.8. The van der Waals surface area contributed by atoms with Gasteiger partial charge in [0.25, 0.3) is 0 Å². The quantitative estimate of drug-likeness (QED) is 0.140.